The lowest BCUT2D eigenvalue weighted by molar-refractivity contribution is -0.129. The summed E-state index contributed by atoms with van der Waals surface area (Å²) in [5.41, 5.74) is -0.351. The maximum Gasteiger partial charge on any atom is 0.273 e. The highest BCUT2D eigenvalue weighted by atomic mass is 32.2. The molecule has 0 atom stereocenters. The number of hydrogen-bond acceptors (Lipinski definition) is 8. The molecule has 2 heterocycles. The highest BCUT2D eigenvalue weighted by Crippen LogP contribution is 2.31. The van der Waals surface area contributed by atoms with Crippen LogP contribution in [-0.2, 0) is 21.4 Å². The van der Waals surface area contributed by atoms with Crippen LogP contribution < -0.4 is 15.0 Å². The van der Waals surface area contributed by atoms with Gasteiger partial charge in [0.1, 0.15) is 16.4 Å². The Kier molecular flexibility index (Phi) is 7.80. The number of hydrogen-bond donors (Lipinski definition) is 0. The van der Waals surface area contributed by atoms with Crippen LogP contribution in [0.4, 0.5) is 0 Å². The molecule has 1 aliphatic rings. The van der Waals surface area contributed by atoms with Gasteiger partial charge in [0.2, 0.25) is 15.9 Å². The third kappa shape index (κ3) is 5.25. The van der Waals surface area contributed by atoms with Gasteiger partial charge in [0.05, 0.1) is 20.0 Å². The highest BCUT2D eigenvalue weighted by Gasteiger charge is 2.32. The molecule has 1 aliphatic heterocycles. The number of thioether (sulfide) groups is 1. The van der Waals surface area contributed by atoms with Crippen LogP contribution in [0.2, 0.25) is 0 Å². The van der Waals surface area contributed by atoms with E-state index in [1.165, 1.54) is 42.4 Å². The largest absolute Gasteiger partial charge is 0.497 e. The van der Waals surface area contributed by atoms with E-state index in [9.17, 15) is 18.0 Å². The normalized spacial score (nSPS) is 14.9. The number of ether oxygens (including phenoxy) is 2. The highest BCUT2D eigenvalue weighted by molar-refractivity contribution is 7.99. The molecule has 32 heavy (non-hydrogen) atoms. The van der Waals surface area contributed by atoms with Gasteiger partial charge in [0.15, 0.2) is 5.16 Å². The number of piperazine rings is 1. The van der Waals surface area contributed by atoms with E-state index in [2.05, 4.69) is 4.98 Å². The standard InChI is InChI=1S/C20H26N4O6S2/c1-4-22-8-7-18(25)21-20(22)31-14-19(26)23-9-11-24(12-10-23)32(27,28)17-13-15(29-2)5-6-16(17)30-3/h5-8,13H,4,9-12,14H2,1-3H3. The summed E-state index contributed by atoms with van der Waals surface area (Å²) in [6.45, 7) is 3.44. The number of benzene rings is 1. The first-order valence-electron chi connectivity index (χ1n) is 10.0. The van der Waals surface area contributed by atoms with Gasteiger partial charge < -0.3 is 18.9 Å². The second-order valence-corrected chi connectivity index (χ2v) is 9.77. The summed E-state index contributed by atoms with van der Waals surface area (Å²) in [5.74, 6) is 0.632. The van der Waals surface area contributed by atoms with Gasteiger partial charge in [-0.2, -0.15) is 9.29 Å². The topological polar surface area (TPSA) is 111 Å². The second-order valence-electron chi connectivity index (χ2n) is 6.92. The van der Waals surface area contributed by atoms with Crippen LogP contribution in [-0.4, -0.2) is 79.2 Å². The summed E-state index contributed by atoms with van der Waals surface area (Å²) in [5, 5.41) is 0.486. The predicted octanol–water partition coefficient (Wildman–Crippen LogP) is 0.906. The lowest BCUT2D eigenvalue weighted by Crippen LogP contribution is -2.51. The van der Waals surface area contributed by atoms with Gasteiger partial charge in [-0.25, -0.2) is 8.42 Å². The molecule has 0 bridgehead atoms. The van der Waals surface area contributed by atoms with Crippen molar-refractivity contribution in [3.05, 3.63) is 40.8 Å². The second kappa shape index (κ2) is 10.4. The van der Waals surface area contributed by atoms with Crippen LogP contribution in [0, 0.1) is 0 Å². The molecule has 1 aromatic heterocycles. The molecular weight excluding hydrogens is 456 g/mol. The Balaban J connectivity index is 1.64. The minimum absolute atomic E-state index is 0.0300. The first-order valence-corrected chi connectivity index (χ1v) is 12.4. The number of aryl methyl sites for hydroxylation is 1. The number of nitrogens with zero attached hydrogens (tertiary/aromatic N) is 4. The van der Waals surface area contributed by atoms with Crippen molar-refractivity contribution < 1.29 is 22.7 Å². The molecule has 12 heteroatoms. The Bertz CT molecular complexity index is 1130. The average molecular weight is 483 g/mol. The minimum atomic E-state index is -3.82. The molecule has 10 nitrogen and oxygen atoms in total. The molecule has 0 aliphatic carbocycles. The fourth-order valence-corrected chi connectivity index (χ4v) is 5.83. The predicted molar refractivity (Wildman–Crippen MR) is 120 cm³/mol. The van der Waals surface area contributed by atoms with Crippen molar-refractivity contribution in [3.8, 4) is 11.5 Å². The van der Waals surface area contributed by atoms with E-state index in [1.807, 2.05) is 6.92 Å². The van der Waals surface area contributed by atoms with E-state index < -0.39 is 10.0 Å². The zero-order chi connectivity index (χ0) is 23.3. The fraction of sp³-hybridized carbons (Fsp3) is 0.450. The SMILES string of the molecule is CCn1ccc(=O)nc1SCC(=O)N1CCN(S(=O)(=O)c2cc(OC)ccc2OC)CC1. The number of amides is 1. The molecule has 1 amide bonds. The molecule has 0 unspecified atom stereocenters. The Morgan fingerprint density at radius 3 is 2.47 bits per heavy atom. The number of aromatic nitrogens is 2. The van der Waals surface area contributed by atoms with E-state index in [4.69, 9.17) is 9.47 Å². The Morgan fingerprint density at radius 2 is 1.84 bits per heavy atom. The van der Waals surface area contributed by atoms with Crippen molar-refractivity contribution in [2.45, 2.75) is 23.5 Å². The van der Waals surface area contributed by atoms with Gasteiger partial charge in [-0.15, -0.1) is 0 Å². The molecule has 0 radical (unpaired) electrons. The van der Waals surface area contributed by atoms with E-state index in [1.54, 1.807) is 27.8 Å². The molecule has 0 N–H and O–H groups in total. The first kappa shape index (κ1) is 24.1. The summed E-state index contributed by atoms with van der Waals surface area (Å²) in [4.78, 5) is 29.8. The number of carbonyl (C=O) groups excluding carboxylic acids is 1. The zero-order valence-electron chi connectivity index (χ0n) is 18.2. The van der Waals surface area contributed by atoms with Crippen molar-refractivity contribution in [1.82, 2.24) is 18.8 Å². The van der Waals surface area contributed by atoms with Crippen LogP contribution in [0.3, 0.4) is 0 Å². The Hall–Kier alpha value is -2.57. The third-order valence-electron chi connectivity index (χ3n) is 5.09. The molecule has 1 aromatic carbocycles. The monoisotopic (exact) mass is 482 g/mol. The Morgan fingerprint density at radius 1 is 1.12 bits per heavy atom. The number of sulfonamides is 1. The maximum absolute atomic E-state index is 13.2. The van der Waals surface area contributed by atoms with Gasteiger partial charge in [0.25, 0.3) is 5.56 Å². The van der Waals surface area contributed by atoms with Crippen molar-refractivity contribution in [1.29, 1.82) is 0 Å². The van der Waals surface area contributed by atoms with E-state index in [0.29, 0.717) is 17.5 Å². The van der Waals surface area contributed by atoms with Gasteiger partial charge in [-0.3, -0.25) is 9.59 Å². The minimum Gasteiger partial charge on any atom is -0.497 e. The van der Waals surface area contributed by atoms with E-state index >= 15 is 0 Å². The van der Waals surface area contributed by atoms with E-state index in [-0.39, 0.29) is 54.0 Å². The average Bonchev–Trinajstić information content (AvgIpc) is 2.82. The van der Waals surface area contributed by atoms with Gasteiger partial charge in [-0.1, -0.05) is 11.8 Å². The number of rotatable bonds is 8. The molecule has 1 fully saturated rings. The van der Waals surface area contributed by atoms with E-state index in [0.717, 1.165) is 0 Å². The quantitative estimate of drug-likeness (QED) is 0.403. The van der Waals surface area contributed by atoms with Gasteiger partial charge in [-0.05, 0) is 19.1 Å². The molecule has 2 aromatic rings. The Labute approximate surface area is 191 Å². The van der Waals surface area contributed by atoms with Crippen molar-refractivity contribution >= 4 is 27.7 Å². The smallest absolute Gasteiger partial charge is 0.273 e. The molecule has 174 valence electrons. The van der Waals surface area contributed by atoms with Crippen molar-refractivity contribution in [2.24, 2.45) is 0 Å². The van der Waals surface area contributed by atoms with Crippen LogP contribution in [0.15, 0.2) is 45.3 Å². The van der Waals surface area contributed by atoms with Gasteiger partial charge in [0, 0.05) is 51.1 Å². The van der Waals surface area contributed by atoms with Crippen LogP contribution in [0.1, 0.15) is 6.92 Å². The summed E-state index contributed by atoms with van der Waals surface area (Å²) >= 11 is 1.20. The van der Waals surface area contributed by atoms with Gasteiger partial charge >= 0.3 is 0 Å². The number of methoxy groups -OCH3 is 2. The zero-order valence-corrected chi connectivity index (χ0v) is 19.8. The summed E-state index contributed by atoms with van der Waals surface area (Å²) in [7, 11) is -0.943. The van der Waals surface area contributed by atoms with Crippen molar-refractivity contribution in [2.75, 3.05) is 46.2 Å². The van der Waals surface area contributed by atoms with Crippen LogP contribution in [0.25, 0.3) is 0 Å². The first-order chi connectivity index (χ1) is 15.3. The third-order valence-corrected chi connectivity index (χ3v) is 7.99. The fourth-order valence-electron chi connectivity index (χ4n) is 3.29. The molecule has 1 saturated heterocycles. The van der Waals surface area contributed by atoms with Crippen LogP contribution >= 0.6 is 11.8 Å². The summed E-state index contributed by atoms with van der Waals surface area (Å²) < 4.78 is 39.8. The molecular formula is C20H26N4O6S2. The summed E-state index contributed by atoms with van der Waals surface area (Å²) in [6, 6.07) is 6.00. The lowest BCUT2D eigenvalue weighted by Gasteiger charge is -2.34. The number of carbonyl (C=O) groups is 1. The molecule has 3 rings (SSSR count). The maximum atomic E-state index is 13.2. The van der Waals surface area contributed by atoms with Crippen molar-refractivity contribution in [3.63, 3.8) is 0 Å². The molecule has 0 saturated carbocycles. The molecule has 0 spiro atoms. The lowest BCUT2D eigenvalue weighted by atomic mass is 10.3. The summed E-state index contributed by atoms with van der Waals surface area (Å²) in [6.07, 6.45) is 1.65. The van der Waals surface area contributed by atoms with Crippen LogP contribution in [0.5, 0.6) is 11.5 Å².